The minimum absolute atomic E-state index is 0.0000713. The number of aliphatic hydroxyl groups is 1. The molecule has 0 saturated carbocycles. The lowest BCUT2D eigenvalue weighted by molar-refractivity contribution is 0.104. The van der Waals surface area contributed by atoms with E-state index in [1.165, 1.54) is 48.6 Å². The van der Waals surface area contributed by atoms with Crippen LogP contribution in [0.4, 0.5) is 4.39 Å². The Kier molecular flexibility index (Phi) is 5.72. The number of phenols is 2. The van der Waals surface area contributed by atoms with Crippen LogP contribution in [0.5, 0.6) is 11.5 Å². The lowest BCUT2D eigenvalue weighted by Crippen LogP contribution is -2.12. The van der Waals surface area contributed by atoms with Gasteiger partial charge in [0.1, 0.15) is 17.3 Å². The summed E-state index contributed by atoms with van der Waals surface area (Å²) in [5.41, 5.74) is 1.19. The van der Waals surface area contributed by atoms with Gasteiger partial charge in [-0.15, -0.1) is 0 Å². The van der Waals surface area contributed by atoms with Crippen LogP contribution in [0.2, 0.25) is 0 Å². The molecule has 130 valence electrons. The molecule has 0 saturated heterocycles. The van der Waals surface area contributed by atoms with Gasteiger partial charge in [0.05, 0.1) is 11.7 Å². The Morgan fingerprint density at radius 3 is 2.44 bits per heavy atom. The van der Waals surface area contributed by atoms with Crippen molar-refractivity contribution < 1.29 is 24.5 Å². The van der Waals surface area contributed by atoms with Gasteiger partial charge in [-0.1, -0.05) is 30.4 Å². The van der Waals surface area contributed by atoms with E-state index in [2.05, 4.69) is 6.58 Å². The first-order chi connectivity index (χ1) is 11.8. The number of hydrogen-bond acceptors (Lipinski definition) is 4. The van der Waals surface area contributed by atoms with Crippen LogP contribution in [0, 0.1) is 5.82 Å². The van der Waals surface area contributed by atoms with E-state index < -0.39 is 11.9 Å². The van der Waals surface area contributed by atoms with Gasteiger partial charge in [0.15, 0.2) is 5.78 Å². The summed E-state index contributed by atoms with van der Waals surface area (Å²) in [5, 5.41) is 30.1. The fourth-order valence-electron chi connectivity index (χ4n) is 2.23. The second-order valence-corrected chi connectivity index (χ2v) is 5.77. The summed E-state index contributed by atoms with van der Waals surface area (Å²) in [6.07, 6.45) is 1.74. The van der Waals surface area contributed by atoms with Crippen molar-refractivity contribution in [2.75, 3.05) is 0 Å². The zero-order chi connectivity index (χ0) is 18.6. The Balaban J connectivity index is 2.27. The van der Waals surface area contributed by atoms with Crippen molar-refractivity contribution in [2.45, 2.75) is 19.4 Å². The third-order valence-corrected chi connectivity index (χ3v) is 3.79. The predicted molar refractivity (Wildman–Crippen MR) is 94.1 cm³/mol. The van der Waals surface area contributed by atoms with Crippen molar-refractivity contribution in [1.29, 1.82) is 0 Å². The zero-order valence-electron chi connectivity index (χ0n) is 13.7. The van der Waals surface area contributed by atoms with Gasteiger partial charge in [-0.05, 0) is 42.8 Å². The maximum absolute atomic E-state index is 12.9. The van der Waals surface area contributed by atoms with Crippen LogP contribution in [0.1, 0.15) is 28.4 Å². The van der Waals surface area contributed by atoms with Gasteiger partial charge in [-0.2, -0.15) is 0 Å². The highest BCUT2D eigenvalue weighted by Gasteiger charge is 2.19. The molecule has 0 aromatic heterocycles. The Labute approximate surface area is 145 Å². The Morgan fingerprint density at radius 2 is 1.84 bits per heavy atom. The number of hydrogen-bond donors (Lipinski definition) is 3. The molecular formula is C20H19FO4. The highest BCUT2D eigenvalue weighted by Crippen LogP contribution is 2.33. The second kappa shape index (κ2) is 7.77. The number of aromatic hydroxyl groups is 2. The van der Waals surface area contributed by atoms with Crippen LogP contribution in [0.3, 0.4) is 0 Å². The summed E-state index contributed by atoms with van der Waals surface area (Å²) in [6, 6.07) is 8.19. The van der Waals surface area contributed by atoms with Crippen molar-refractivity contribution >= 4 is 11.9 Å². The third-order valence-electron chi connectivity index (χ3n) is 3.79. The number of carbonyl (C=O) groups excluding carboxylic acids is 1. The van der Waals surface area contributed by atoms with E-state index in [9.17, 15) is 24.5 Å². The molecule has 2 aromatic rings. The van der Waals surface area contributed by atoms with E-state index in [1.807, 2.05) is 0 Å². The SMILES string of the molecule is C=C(C)C(O)Cc1c(O)ccc(C(=O)/C=C/c2ccc(F)cc2)c1O. The van der Waals surface area contributed by atoms with Gasteiger partial charge >= 0.3 is 0 Å². The van der Waals surface area contributed by atoms with Crippen LogP contribution in [-0.4, -0.2) is 27.2 Å². The molecule has 0 bridgehead atoms. The molecule has 2 rings (SSSR count). The van der Waals surface area contributed by atoms with Crippen LogP contribution in [-0.2, 0) is 6.42 Å². The maximum Gasteiger partial charge on any atom is 0.189 e. The van der Waals surface area contributed by atoms with E-state index in [-0.39, 0.29) is 34.9 Å². The lowest BCUT2D eigenvalue weighted by Gasteiger charge is -2.14. The number of aliphatic hydroxyl groups excluding tert-OH is 1. The highest BCUT2D eigenvalue weighted by atomic mass is 19.1. The molecule has 2 aromatic carbocycles. The van der Waals surface area contributed by atoms with Crippen molar-refractivity contribution in [2.24, 2.45) is 0 Å². The van der Waals surface area contributed by atoms with Crippen LogP contribution in [0.15, 0.2) is 54.6 Å². The fraction of sp³-hybridized carbons (Fsp3) is 0.150. The Hall–Kier alpha value is -2.92. The lowest BCUT2D eigenvalue weighted by atomic mass is 9.97. The van der Waals surface area contributed by atoms with Crippen molar-refractivity contribution in [3.05, 3.63) is 77.1 Å². The predicted octanol–water partition coefficient (Wildman–Crippen LogP) is 3.61. The smallest absolute Gasteiger partial charge is 0.189 e. The number of benzene rings is 2. The zero-order valence-corrected chi connectivity index (χ0v) is 13.7. The molecule has 25 heavy (non-hydrogen) atoms. The molecule has 0 aliphatic rings. The molecule has 0 aliphatic carbocycles. The normalized spacial score (nSPS) is 12.3. The molecule has 0 fully saturated rings. The number of phenolic OH excluding ortho intramolecular Hbond substituents is 2. The first kappa shape index (κ1) is 18.4. The quantitative estimate of drug-likeness (QED) is 0.426. The molecule has 0 spiro atoms. The van der Waals surface area contributed by atoms with Gasteiger partial charge in [0, 0.05) is 12.0 Å². The van der Waals surface area contributed by atoms with Crippen molar-refractivity contribution in [3.8, 4) is 11.5 Å². The van der Waals surface area contributed by atoms with Crippen LogP contribution in [0.25, 0.3) is 6.08 Å². The van der Waals surface area contributed by atoms with Crippen molar-refractivity contribution in [1.82, 2.24) is 0 Å². The van der Waals surface area contributed by atoms with Gasteiger partial charge in [0.2, 0.25) is 0 Å². The number of rotatable bonds is 6. The summed E-state index contributed by atoms with van der Waals surface area (Å²) in [7, 11) is 0. The second-order valence-electron chi connectivity index (χ2n) is 5.77. The van der Waals surface area contributed by atoms with E-state index in [0.717, 1.165) is 0 Å². The number of allylic oxidation sites excluding steroid dienone is 1. The number of ketones is 1. The monoisotopic (exact) mass is 342 g/mol. The Morgan fingerprint density at radius 1 is 1.20 bits per heavy atom. The van der Waals surface area contributed by atoms with Gasteiger partial charge in [-0.25, -0.2) is 4.39 Å². The first-order valence-electron chi connectivity index (χ1n) is 7.65. The Bertz CT molecular complexity index is 822. The van der Waals surface area contributed by atoms with Crippen molar-refractivity contribution in [3.63, 3.8) is 0 Å². The molecule has 3 N–H and O–H groups in total. The highest BCUT2D eigenvalue weighted by molar-refractivity contribution is 6.09. The number of carbonyl (C=O) groups is 1. The molecule has 5 heteroatoms. The molecule has 4 nitrogen and oxygen atoms in total. The largest absolute Gasteiger partial charge is 0.508 e. The third kappa shape index (κ3) is 4.55. The fourth-order valence-corrected chi connectivity index (χ4v) is 2.23. The van der Waals surface area contributed by atoms with Crippen LogP contribution >= 0.6 is 0 Å². The minimum Gasteiger partial charge on any atom is -0.508 e. The van der Waals surface area contributed by atoms with E-state index in [0.29, 0.717) is 11.1 Å². The van der Waals surface area contributed by atoms with Gasteiger partial charge in [0.25, 0.3) is 0 Å². The van der Waals surface area contributed by atoms with E-state index >= 15 is 0 Å². The molecule has 0 radical (unpaired) electrons. The summed E-state index contributed by atoms with van der Waals surface area (Å²) < 4.78 is 12.9. The molecule has 1 atom stereocenters. The first-order valence-corrected chi connectivity index (χ1v) is 7.65. The van der Waals surface area contributed by atoms with E-state index in [1.54, 1.807) is 6.92 Å². The topological polar surface area (TPSA) is 77.8 Å². The average Bonchev–Trinajstić information content (AvgIpc) is 2.57. The summed E-state index contributed by atoms with van der Waals surface area (Å²) in [4.78, 5) is 12.3. The molecule has 0 aliphatic heterocycles. The molecular weight excluding hydrogens is 323 g/mol. The summed E-state index contributed by atoms with van der Waals surface area (Å²) >= 11 is 0. The standard InChI is InChI=1S/C20H19FO4/c1-12(2)19(24)11-16-18(23)10-8-15(20(16)25)17(22)9-5-13-3-6-14(21)7-4-13/h3-10,19,23-25H,1,11H2,2H3/b9-5+. The van der Waals surface area contributed by atoms with Gasteiger partial charge < -0.3 is 15.3 Å². The minimum atomic E-state index is -0.947. The maximum atomic E-state index is 12.9. The van der Waals surface area contributed by atoms with Crippen LogP contribution < -0.4 is 0 Å². The summed E-state index contributed by atoms with van der Waals surface area (Å²) in [5.74, 6) is -1.45. The number of halogens is 1. The van der Waals surface area contributed by atoms with E-state index in [4.69, 9.17) is 0 Å². The average molecular weight is 342 g/mol. The molecule has 1 unspecified atom stereocenters. The van der Waals surface area contributed by atoms with Gasteiger partial charge in [-0.3, -0.25) is 4.79 Å². The molecule has 0 amide bonds. The summed E-state index contributed by atoms with van der Waals surface area (Å²) in [6.45, 7) is 5.24. The molecule has 0 heterocycles.